The second-order valence-electron chi connectivity index (χ2n) is 17.8. The lowest BCUT2D eigenvalue weighted by atomic mass is 9.86. The highest BCUT2D eigenvalue weighted by Gasteiger charge is 2.18. The van der Waals surface area contributed by atoms with Gasteiger partial charge >= 0.3 is 0 Å². The first-order valence-electron chi connectivity index (χ1n) is 22.3. The summed E-state index contributed by atoms with van der Waals surface area (Å²) in [5.74, 6) is 0. The normalized spacial score (nSPS) is 11.7. The van der Waals surface area contributed by atoms with E-state index in [0.717, 1.165) is 22.7 Å². The van der Waals surface area contributed by atoms with Crippen molar-refractivity contribution in [2.24, 2.45) is 0 Å². The molecule has 11 aromatic rings. The Bertz CT molecular complexity index is 3350. The lowest BCUT2D eigenvalue weighted by Gasteiger charge is -2.26. The van der Waals surface area contributed by atoms with Crippen molar-refractivity contribution in [1.29, 1.82) is 0 Å². The quantitative estimate of drug-likeness (QED) is 0.148. The Balaban J connectivity index is 0.956. The number of nitrogens with zero attached hydrogens (tertiary/aromatic N) is 2. The topological polar surface area (TPSA) is 8.17 Å². The van der Waals surface area contributed by atoms with E-state index in [9.17, 15) is 0 Å². The second-order valence-corrected chi connectivity index (χ2v) is 17.8. The number of fused-ring (bicyclic) bond motifs is 4. The minimum Gasteiger partial charge on any atom is -0.311 e. The molecule has 306 valence electrons. The summed E-state index contributed by atoms with van der Waals surface area (Å²) in [6.45, 7) is 6.78. The van der Waals surface area contributed by atoms with E-state index >= 15 is 0 Å². The molecule has 0 amide bonds. The van der Waals surface area contributed by atoms with Gasteiger partial charge in [-0.1, -0.05) is 197 Å². The van der Waals surface area contributed by atoms with Crippen LogP contribution in [0.25, 0.3) is 82.8 Å². The Morgan fingerprint density at radius 1 is 0.297 bits per heavy atom. The maximum absolute atomic E-state index is 2.38. The van der Waals surface area contributed by atoms with Crippen molar-refractivity contribution in [2.75, 3.05) is 4.90 Å². The van der Waals surface area contributed by atoms with Crippen LogP contribution >= 0.6 is 0 Å². The molecule has 0 aliphatic rings. The van der Waals surface area contributed by atoms with E-state index in [1.165, 1.54) is 82.6 Å². The Hall–Kier alpha value is -7.94. The monoisotopic (exact) mass is 820 g/mol. The molecule has 0 bridgehead atoms. The molecule has 0 fully saturated rings. The van der Waals surface area contributed by atoms with Gasteiger partial charge in [0.25, 0.3) is 0 Å². The van der Waals surface area contributed by atoms with Crippen molar-refractivity contribution in [3.63, 3.8) is 0 Å². The highest BCUT2D eigenvalue weighted by atomic mass is 15.1. The minimum absolute atomic E-state index is 0.135. The van der Waals surface area contributed by atoms with Gasteiger partial charge in [0.15, 0.2) is 0 Å². The molecular weight excluding hydrogens is 773 g/mol. The number of aromatic nitrogens is 1. The molecule has 2 heteroatoms. The molecule has 0 saturated heterocycles. The SMILES string of the molecule is CC(C)(C)c1ccc(-c2ccc(-c3ccc(N(c4ccc(-c5ccc(-c6ccccc6)c6ccccc56)cc4)c4ccc(-n5c6ccccc6c6ccccc65)cc4)cc3)cc2)cc1. The summed E-state index contributed by atoms with van der Waals surface area (Å²) in [4.78, 5) is 2.37. The van der Waals surface area contributed by atoms with Gasteiger partial charge in [-0.3, -0.25) is 0 Å². The van der Waals surface area contributed by atoms with Gasteiger partial charge in [-0.05, 0) is 127 Å². The van der Waals surface area contributed by atoms with Gasteiger partial charge in [-0.15, -0.1) is 0 Å². The lowest BCUT2D eigenvalue weighted by molar-refractivity contribution is 0.590. The molecule has 0 atom stereocenters. The number of para-hydroxylation sites is 2. The van der Waals surface area contributed by atoms with Gasteiger partial charge in [-0.2, -0.15) is 0 Å². The molecule has 11 rings (SSSR count). The molecule has 64 heavy (non-hydrogen) atoms. The minimum atomic E-state index is 0.135. The third-order valence-electron chi connectivity index (χ3n) is 12.8. The second kappa shape index (κ2) is 16.1. The standard InChI is InChI=1S/C62H48N2/c1-62(2,3)49-31-25-45(26-32-49)43-21-23-44(24-22-43)46-27-33-50(34-28-46)63(52-37-39-53(40-38-52)64-60-19-11-9-17-58(60)59-18-10-12-20-61(59)64)51-35-29-48(30-36-51)55-42-41-54(47-13-5-4-6-14-47)56-15-7-8-16-57(55)56/h4-42H,1-3H3. The van der Waals surface area contributed by atoms with Crippen LogP contribution in [0.15, 0.2) is 237 Å². The molecule has 0 saturated carbocycles. The summed E-state index contributed by atoms with van der Waals surface area (Å²) in [5.41, 5.74) is 18.0. The fraction of sp³-hybridized carbons (Fsp3) is 0.0645. The number of benzene rings is 10. The molecule has 0 spiro atoms. The van der Waals surface area contributed by atoms with Crippen molar-refractivity contribution in [1.82, 2.24) is 4.57 Å². The predicted octanol–water partition coefficient (Wildman–Crippen LogP) is 17.4. The number of anilines is 3. The summed E-state index contributed by atoms with van der Waals surface area (Å²) in [5, 5.41) is 5.02. The summed E-state index contributed by atoms with van der Waals surface area (Å²) in [6.07, 6.45) is 0. The van der Waals surface area contributed by atoms with E-state index in [4.69, 9.17) is 0 Å². The molecular formula is C62H48N2. The van der Waals surface area contributed by atoms with Crippen LogP contribution in [0.3, 0.4) is 0 Å². The third-order valence-corrected chi connectivity index (χ3v) is 12.8. The molecule has 0 radical (unpaired) electrons. The number of hydrogen-bond acceptors (Lipinski definition) is 1. The highest BCUT2D eigenvalue weighted by molar-refractivity contribution is 6.09. The molecule has 10 aromatic carbocycles. The first kappa shape index (κ1) is 38.9. The number of rotatable bonds is 8. The van der Waals surface area contributed by atoms with Crippen molar-refractivity contribution in [2.45, 2.75) is 26.2 Å². The maximum Gasteiger partial charge on any atom is 0.0541 e. The molecule has 1 aromatic heterocycles. The van der Waals surface area contributed by atoms with Gasteiger partial charge in [0.1, 0.15) is 0 Å². The summed E-state index contributed by atoms with van der Waals surface area (Å²) < 4.78 is 2.38. The van der Waals surface area contributed by atoms with Crippen LogP contribution in [0, 0.1) is 0 Å². The smallest absolute Gasteiger partial charge is 0.0541 e. The fourth-order valence-electron chi connectivity index (χ4n) is 9.43. The first-order valence-corrected chi connectivity index (χ1v) is 22.3. The van der Waals surface area contributed by atoms with Crippen molar-refractivity contribution in [3.05, 3.63) is 242 Å². The zero-order valence-electron chi connectivity index (χ0n) is 36.4. The van der Waals surface area contributed by atoms with Gasteiger partial charge in [0.05, 0.1) is 11.0 Å². The Labute approximate surface area is 376 Å². The van der Waals surface area contributed by atoms with Crippen LogP contribution < -0.4 is 4.90 Å². The Morgan fingerprint density at radius 2 is 0.641 bits per heavy atom. The largest absolute Gasteiger partial charge is 0.311 e. The number of hydrogen-bond donors (Lipinski definition) is 0. The average molecular weight is 821 g/mol. The molecule has 0 unspecified atom stereocenters. The highest BCUT2D eigenvalue weighted by Crippen LogP contribution is 2.41. The van der Waals surface area contributed by atoms with Gasteiger partial charge in [0, 0.05) is 33.5 Å². The third kappa shape index (κ3) is 7.13. The summed E-state index contributed by atoms with van der Waals surface area (Å²) in [7, 11) is 0. The van der Waals surface area contributed by atoms with E-state index in [2.05, 4.69) is 267 Å². The van der Waals surface area contributed by atoms with Gasteiger partial charge in [-0.25, -0.2) is 0 Å². The average Bonchev–Trinajstić information content (AvgIpc) is 3.69. The zero-order valence-corrected chi connectivity index (χ0v) is 36.4. The van der Waals surface area contributed by atoms with Crippen molar-refractivity contribution < 1.29 is 0 Å². The van der Waals surface area contributed by atoms with E-state index in [1.807, 2.05) is 0 Å². The van der Waals surface area contributed by atoms with E-state index in [1.54, 1.807) is 0 Å². The van der Waals surface area contributed by atoms with Crippen molar-refractivity contribution >= 4 is 49.6 Å². The van der Waals surface area contributed by atoms with Crippen LogP contribution in [0.5, 0.6) is 0 Å². The van der Waals surface area contributed by atoms with Crippen LogP contribution in [0.1, 0.15) is 26.3 Å². The zero-order chi connectivity index (χ0) is 43.2. The summed E-state index contributed by atoms with van der Waals surface area (Å²) >= 11 is 0. The summed E-state index contributed by atoms with van der Waals surface area (Å²) in [6, 6.07) is 86.4. The molecule has 1 heterocycles. The Morgan fingerprint density at radius 3 is 1.09 bits per heavy atom. The van der Waals surface area contributed by atoms with Crippen LogP contribution in [-0.4, -0.2) is 4.57 Å². The molecule has 0 aliphatic heterocycles. The fourth-order valence-corrected chi connectivity index (χ4v) is 9.43. The van der Waals surface area contributed by atoms with Gasteiger partial charge < -0.3 is 9.47 Å². The van der Waals surface area contributed by atoms with Crippen LogP contribution in [0.4, 0.5) is 17.1 Å². The Kier molecular flexibility index (Phi) is 9.78. The molecule has 2 nitrogen and oxygen atoms in total. The molecule has 0 aliphatic carbocycles. The lowest BCUT2D eigenvalue weighted by Crippen LogP contribution is -2.10. The van der Waals surface area contributed by atoms with Crippen molar-refractivity contribution in [3.8, 4) is 50.2 Å². The van der Waals surface area contributed by atoms with Crippen LogP contribution in [0.2, 0.25) is 0 Å². The van der Waals surface area contributed by atoms with Crippen LogP contribution in [-0.2, 0) is 5.41 Å². The maximum atomic E-state index is 2.38. The van der Waals surface area contributed by atoms with E-state index < -0.39 is 0 Å². The first-order chi connectivity index (χ1) is 31.4. The van der Waals surface area contributed by atoms with E-state index in [-0.39, 0.29) is 5.41 Å². The van der Waals surface area contributed by atoms with Gasteiger partial charge in [0.2, 0.25) is 0 Å². The van der Waals surface area contributed by atoms with E-state index in [0.29, 0.717) is 0 Å². The molecule has 0 N–H and O–H groups in total. The predicted molar refractivity (Wildman–Crippen MR) is 273 cm³/mol.